The van der Waals surface area contributed by atoms with Gasteiger partial charge >= 0.3 is 0 Å². The summed E-state index contributed by atoms with van der Waals surface area (Å²) in [7, 11) is 0. The summed E-state index contributed by atoms with van der Waals surface area (Å²) < 4.78 is 0. The molecule has 82 valence electrons. The molecule has 1 nitrogen and oxygen atoms in total. The zero-order valence-electron chi connectivity index (χ0n) is 9.92. The van der Waals surface area contributed by atoms with E-state index in [0.29, 0.717) is 5.92 Å². The minimum absolute atomic E-state index is 0.681. The maximum absolute atomic E-state index is 3.64. The first-order valence-corrected chi connectivity index (χ1v) is 6.10. The van der Waals surface area contributed by atoms with Gasteiger partial charge in [0.15, 0.2) is 0 Å². The second-order valence-corrected chi connectivity index (χ2v) is 4.95. The maximum atomic E-state index is 3.64. The van der Waals surface area contributed by atoms with Gasteiger partial charge in [0.2, 0.25) is 0 Å². The van der Waals surface area contributed by atoms with Gasteiger partial charge in [0.1, 0.15) is 0 Å². The fraction of sp³-hybridized carbons (Fsp3) is 0.846. The summed E-state index contributed by atoms with van der Waals surface area (Å²) in [5.74, 6) is 1.55. The van der Waals surface area contributed by atoms with E-state index < -0.39 is 0 Å². The van der Waals surface area contributed by atoms with E-state index in [4.69, 9.17) is 0 Å². The van der Waals surface area contributed by atoms with Crippen LogP contribution < -0.4 is 5.32 Å². The van der Waals surface area contributed by atoms with Crippen LogP contribution in [0.5, 0.6) is 0 Å². The highest BCUT2D eigenvalue weighted by molar-refractivity contribution is 4.88. The average molecular weight is 195 g/mol. The van der Waals surface area contributed by atoms with Crippen LogP contribution in [-0.4, -0.2) is 12.6 Å². The SMILES string of the molecule is CC(C)/C=C/CNC1CCCCC1C. The molecule has 0 aliphatic heterocycles. The topological polar surface area (TPSA) is 12.0 Å². The van der Waals surface area contributed by atoms with Gasteiger partial charge in [0.05, 0.1) is 0 Å². The first-order chi connectivity index (χ1) is 6.70. The van der Waals surface area contributed by atoms with Gasteiger partial charge in [-0.3, -0.25) is 0 Å². The molecule has 0 aromatic heterocycles. The van der Waals surface area contributed by atoms with Crippen molar-refractivity contribution in [3.63, 3.8) is 0 Å². The molecule has 0 aromatic rings. The Labute approximate surface area is 89.0 Å². The minimum atomic E-state index is 0.681. The number of allylic oxidation sites excluding steroid dienone is 1. The molecule has 1 aliphatic rings. The Hall–Kier alpha value is -0.300. The summed E-state index contributed by atoms with van der Waals surface area (Å²) in [6.45, 7) is 7.87. The van der Waals surface area contributed by atoms with Crippen molar-refractivity contribution in [3.05, 3.63) is 12.2 Å². The Bertz CT molecular complexity index is 172. The molecule has 1 fully saturated rings. The van der Waals surface area contributed by atoms with Crippen LogP contribution in [0.4, 0.5) is 0 Å². The van der Waals surface area contributed by atoms with Crippen molar-refractivity contribution in [1.29, 1.82) is 0 Å². The summed E-state index contributed by atoms with van der Waals surface area (Å²) in [6.07, 6.45) is 10.2. The molecule has 14 heavy (non-hydrogen) atoms. The Morgan fingerprint density at radius 2 is 2.00 bits per heavy atom. The highest BCUT2D eigenvalue weighted by Gasteiger charge is 2.19. The van der Waals surface area contributed by atoms with E-state index in [0.717, 1.165) is 18.5 Å². The van der Waals surface area contributed by atoms with Gasteiger partial charge in [0.25, 0.3) is 0 Å². The van der Waals surface area contributed by atoms with Crippen molar-refractivity contribution >= 4 is 0 Å². The molecular weight excluding hydrogens is 170 g/mol. The molecule has 1 rings (SSSR count). The molecule has 2 atom stereocenters. The van der Waals surface area contributed by atoms with Crippen LogP contribution in [0.1, 0.15) is 46.5 Å². The molecule has 0 saturated heterocycles. The van der Waals surface area contributed by atoms with E-state index in [2.05, 4.69) is 38.2 Å². The van der Waals surface area contributed by atoms with Crippen LogP contribution in [0.15, 0.2) is 12.2 Å². The van der Waals surface area contributed by atoms with Crippen molar-refractivity contribution in [2.45, 2.75) is 52.5 Å². The first kappa shape index (κ1) is 11.8. The first-order valence-electron chi connectivity index (χ1n) is 6.10. The monoisotopic (exact) mass is 195 g/mol. The summed E-state index contributed by atoms with van der Waals surface area (Å²) in [5, 5.41) is 3.64. The predicted octanol–water partition coefficient (Wildman–Crippen LogP) is 3.37. The molecule has 0 aromatic carbocycles. The fourth-order valence-electron chi connectivity index (χ4n) is 2.18. The standard InChI is InChI=1S/C13H25N/c1-11(2)7-6-10-14-13-9-5-4-8-12(13)3/h6-7,11-14H,4-5,8-10H2,1-3H3/b7-6+. The molecule has 1 aliphatic carbocycles. The zero-order valence-corrected chi connectivity index (χ0v) is 9.92. The third-order valence-electron chi connectivity index (χ3n) is 3.13. The Morgan fingerprint density at radius 1 is 1.29 bits per heavy atom. The van der Waals surface area contributed by atoms with Crippen LogP contribution in [0.2, 0.25) is 0 Å². The lowest BCUT2D eigenvalue weighted by Crippen LogP contribution is -2.37. The number of nitrogens with one attached hydrogen (secondary N) is 1. The second kappa shape index (κ2) is 6.23. The van der Waals surface area contributed by atoms with Crippen LogP contribution in [0.25, 0.3) is 0 Å². The van der Waals surface area contributed by atoms with Gasteiger partial charge in [-0.15, -0.1) is 0 Å². The van der Waals surface area contributed by atoms with E-state index >= 15 is 0 Å². The van der Waals surface area contributed by atoms with Gasteiger partial charge in [-0.25, -0.2) is 0 Å². The molecule has 0 amide bonds. The fourth-order valence-corrected chi connectivity index (χ4v) is 2.18. The third kappa shape index (κ3) is 4.28. The molecule has 1 saturated carbocycles. The normalized spacial score (nSPS) is 28.9. The highest BCUT2D eigenvalue weighted by Crippen LogP contribution is 2.23. The molecule has 2 unspecified atom stereocenters. The van der Waals surface area contributed by atoms with Crippen LogP contribution >= 0.6 is 0 Å². The lowest BCUT2D eigenvalue weighted by molar-refractivity contribution is 0.288. The number of rotatable bonds is 4. The largest absolute Gasteiger partial charge is 0.310 e. The van der Waals surface area contributed by atoms with Crippen molar-refractivity contribution in [3.8, 4) is 0 Å². The Kier molecular flexibility index (Phi) is 5.24. The summed E-state index contributed by atoms with van der Waals surface area (Å²) in [6, 6.07) is 0.764. The van der Waals surface area contributed by atoms with Gasteiger partial charge in [-0.1, -0.05) is 45.8 Å². The van der Waals surface area contributed by atoms with Crippen molar-refractivity contribution < 1.29 is 0 Å². The molecule has 0 bridgehead atoms. The van der Waals surface area contributed by atoms with Gasteiger partial charge in [0, 0.05) is 12.6 Å². The van der Waals surface area contributed by atoms with E-state index in [1.165, 1.54) is 25.7 Å². The lowest BCUT2D eigenvalue weighted by atomic mass is 9.86. The van der Waals surface area contributed by atoms with E-state index in [1.54, 1.807) is 0 Å². The molecular formula is C13H25N. The van der Waals surface area contributed by atoms with Crippen molar-refractivity contribution in [1.82, 2.24) is 5.32 Å². The third-order valence-corrected chi connectivity index (χ3v) is 3.13. The van der Waals surface area contributed by atoms with Crippen LogP contribution in [0.3, 0.4) is 0 Å². The molecule has 0 heterocycles. The smallest absolute Gasteiger partial charge is 0.0137 e. The molecule has 1 heteroatoms. The minimum Gasteiger partial charge on any atom is -0.310 e. The second-order valence-electron chi connectivity index (χ2n) is 4.95. The molecule has 0 spiro atoms. The van der Waals surface area contributed by atoms with Crippen LogP contribution in [0, 0.1) is 11.8 Å². The lowest BCUT2D eigenvalue weighted by Gasteiger charge is -2.29. The van der Waals surface area contributed by atoms with Crippen molar-refractivity contribution in [2.75, 3.05) is 6.54 Å². The predicted molar refractivity (Wildman–Crippen MR) is 63.4 cm³/mol. The van der Waals surface area contributed by atoms with E-state index in [1.807, 2.05) is 0 Å². The number of hydrogen-bond acceptors (Lipinski definition) is 1. The highest BCUT2D eigenvalue weighted by atomic mass is 14.9. The summed E-state index contributed by atoms with van der Waals surface area (Å²) in [4.78, 5) is 0. The number of hydrogen-bond donors (Lipinski definition) is 1. The maximum Gasteiger partial charge on any atom is 0.0137 e. The van der Waals surface area contributed by atoms with Gasteiger partial charge in [-0.05, 0) is 24.7 Å². The summed E-state index contributed by atoms with van der Waals surface area (Å²) in [5.41, 5.74) is 0. The summed E-state index contributed by atoms with van der Waals surface area (Å²) >= 11 is 0. The van der Waals surface area contributed by atoms with Crippen molar-refractivity contribution in [2.24, 2.45) is 11.8 Å². The van der Waals surface area contributed by atoms with Gasteiger partial charge in [-0.2, -0.15) is 0 Å². The van der Waals surface area contributed by atoms with Crippen LogP contribution in [-0.2, 0) is 0 Å². The van der Waals surface area contributed by atoms with E-state index in [-0.39, 0.29) is 0 Å². The Balaban J connectivity index is 2.16. The van der Waals surface area contributed by atoms with Gasteiger partial charge < -0.3 is 5.32 Å². The molecule has 1 N–H and O–H groups in total. The Morgan fingerprint density at radius 3 is 2.64 bits per heavy atom. The zero-order chi connectivity index (χ0) is 10.4. The quantitative estimate of drug-likeness (QED) is 0.678. The average Bonchev–Trinajstić information content (AvgIpc) is 2.15. The van der Waals surface area contributed by atoms with E-state index in [9.17, 15) is 0 Å². The molecule has 0 radical (unpaired) electrons.